The van der Waals surface area contributed by atoms with Crippen molar-refractivity contribution >= 4 is 27.3 Å². The average molecular weight is 342 g/mol. The van der Waals surface area contributed by atoms with Crippen LogP contribution < -0.4 is 0 Å². The number of sulfone groups is 1. The van der Waals surface area contributed by atoms with Gasteiger partial charge in [-0.2, -0.15) is 0 Å². The van der Waals surface area contributed by atoms with Crippen LogP contribution >= 0.6 is 11.6 Å². The first-order chi connectivity index (χ1) is 10.2. The largest absolute Gasteiger partial charge is 0.464 e. The second-order valence-corrected chi connectivity index (χ2v) is 7.51. The zero-order chi connectivity index (χ0) is 16.5. The summed E-state index contributed by atoms with van der Waals surface area (Å²) in [6.07, 6.45) is 1.08. The van der Waals surface area contributed by atoms with Crippen LogP contribution in [0.5, 0.6) is 0 Å². The van der Waals surface area contributed by atoms with E-state index < -0.39 is 9.84 Å². The second kappa shape index (κ2) is 6.14. The van der Waals surface area contributed by atoms with Crippen molar-refractivity contribution in [2.24, 2.45) is 0 Å². The highest BCUT2D eigenvalue weighted by atomic mass is 35.5. The molecule has 1 aromatic carbocycles. The van der Waals surface area contributed by atoms with Crippen LogP contribution in [0.25, 0.3) is 0 Å². The van der Waals surface area contributed by atoms with Crippen molar-refractivity contribution in [1.82, 2.24) is 4.90 Å². The average Bonchev–Trinajstić information content (AvgIpc) is 2.82. The first-order valence-electron chi connectivity index (χ1n) is 6.49. The summed E-state index contributed by atoms with van der Waals surface area (Å²) in [5, 5.41) is 0.208. The van der Waals surface area contributed by atoms with Crippen LogP contribution in [0.3, 0.4) is 0 Å². The molecule has 0 N–H and O–H groups in total. The first-order valence-corrected chi connectivity index (χ1v) is 8.76. The van der Waals surface area contributed by atoms with Gasteiger partial charge in [0.2, 0.25) is 0 Å². The molecule has 2 aromatic rings. The summed E-state index contributed by atoms with van der Waals surface area (Å²) in [5.74, 6) is 1.03. The second-order valence-electron chi connectivity index (χ2n) is 5.09. The van der Waals surface area contributed by atoms with E-state index in [2.05, 4.69) is 0 Å². The molecule has 0 bridgehead atoms. The highest BCUT2D eigenvalue weighted by molar-refractivity contribution is 7.90. The quantitative estimate of drug-likeness (QED) is 0.857. The summed E-state index contributed by atoms with van der Waals surface area (Å²) in [4.78, 5) is 13.9. The maximum absolute atomic E-state index is 12.5. The molecule has 1 amide bonds. The smallest absolute Gasteiger partial charge is 0.255 e. The van der Waals surface area contributed by atoms with Gasteiger partial charge in [0.15, 0.2) is 9.84 Å². The molecule has 0 saturated heterocycles. The van der Waals surface area contributed by atoms with Gasteiger partial charge < -0.3 is 9.32 Å². The minimum atomic E-state index is -3.40. The van der Waals surface area contributed by atoms with Crippen molar-refractivity contribution in [1.29, 1.82) is 0 Å². The fourth-order valence-corrected chi connectivity index (χ4v) is 2.83. The summed E-state index contributed by atoms with van der Waals surface area (Å²) >= 11 is 6.03. The van der Waals surface area contributed by atoms with E-state index in [0.29, 0.717) is 5.76 Å². The summed E-state index contributed by atoms with van der Waals surface area (Å²) in [7, 11) is -1.80. The number of amides is 1. The van der Waals surface area contributed by atoms with Crippen LogP contribution in [-0.2, 0) is 16.4 Å². The molecule has 0 radical (unpaired) electrons. The fourth-order valence-electron chi connectivity index (χ4n) is 1.98. The number of hydrogen-bond acceptors (Lipinski definition) is 4. The lowest BCUT2D eigenvalue weighted by atomic mass is 10.2. The lowest BCUT2D eigenvalue weighted by Crippen LogP contribution is -2.26. The molecule has 22 heavy (non-hydrogen) atoms. The lowest BCUT2D eigenvalue weighted by Gasteiger charge is -2.17. The maximum atomic E-state index is 12.5. The molecule has 2 rings (SSSR count). The van der Waals surface area contributed by atoms with E-state index >= 15 is 0 Å². The Bertz CT molecular complexity index is 811. The number of halogens is 1. The van der Waals surface area contributed by atoms with Gasteiger partial charge in [-0.05, 0) is 37.3 Å². The molecule has 0 aliphatic carbocycles. The van der Waals surface area contributed by atoms with Crippen LogP contribution in [0.15, 0.2) is 39.6 Å². The van der Waals surface area contributed by atoms with Crippen LogP contribution in [0, 0.1) is 6.92 Å². The van der Waals surface area contributed by atoms with Crippen LogP contribution in [-0.4, -0.2) is 32.5 Å². The summed E-state index contributed by atoms with van der Waals surface area (Å²) in [6.45, 7) is 2.09. The maximum Gasteiger partial charge on any atom is 0.255 e. The molecule has 0 saturated carbocycles. The minimum absolute atomic E-state index is 0.0579. The standard InChI is InChI=1S/C15H16ClNO4S/c1-10-4-5-11(21-10)9-17(2)15(18)13-8-12(22(3,19)20)6-7-14(13)16/h4-8H,9H2,1-3H3. The Labute approximate surface area is 134 Å². The van der Waals surface area contributed by atoms with E-state index in [9.17, 15) is 13.2 Å². The number of nitrogens with zero attached hydrogens (tertiary/aromatic N) is 1. The number of benzene rings is 1. The predicted octanol–water partition coefficient (Wildman–Crippen LogP) is 2.92. The van der Waals surface area contributed by atoms with Crippen molar-refractivity contribution in [2.75, 3.05) is 13.3 Å². The molecule has 0 aliphatic heterocycles. The number of carbonyl (C=O) groups excluding carboxylic acids is 1. The summed E-state index contributed by atoms with van der Waals surface area (Å²) < 4.78 is 28.6. The molecular weight excluding hydrogens is 326 g/mol. The van der Waals surface area contributed by atoms with Gasteiger partial charge in [-0.1, -0.05) is 11.6 Å². The van der Waals surface area contributed by atoms with E-state index in [0.717, 1.165) is 12.0 Å². The van der Waals surface area contributed by atoms with Gasteiger partial charge in [0.1, 0.15) is 11.5 Å². The Morgan fingerprint density at radius 1 is 1.27 bits per heavy atom. The molecule has 118 valence electrons. The van der Waals surface area contributed by atoms with E-state index in [1.165, 1.54) is 23.1 Å². The third-order valence-electron chi connectivity index (χ3n) is 3.13. The van der Waals surface area contributed by atoms with E-state index in [1.54, 1.807) is 13.1 Å². The van der Waals surface area contributed by atoms with E-state index in [1.807, 2.05) is 13.0 Å². The van der Waals surface area contributed by atoms with Gasteiger partial charge in [0.05, 0.1) is 22.0 Å². The highest BCUT2D eigenvalue weighted by Crippen LogP contribution is 2.22. The molecule has 5 nitrogen and oxygen atoms in total. The van der Waals surface area contributed by atoms with Crippen molar-refractivity contribution in [3.63, 3.8) is 0 Å². The minimum Gasteiger partial charge on any atom is -0.464 e. The Morgan fingerprint density at radius 3 is 2.50 bits per heavy atom. The van der Waals surface area contributed by atoms with E-state index in [4.69, 9.17) is 16.0 Å². The monoisotopic (exact) mass is 341 g/mol. The van der Waals surface area contributed by atoms with Crippen molar-refractivity contribution in [2.45, 2.75) is 18.4 Å². The van der Waals surface area contributed by atoms with Crippen molar-refractivity contribution in [3.8, 4) is 0 Å². The van der Waals surface area contributed by atoms with Crippen molar-refractivity contribution in [3.05, 3.63) is 52.4 Å². The molecule has 1 heterocycles. The molecule has 0 unspecified atom stereocenters. The van der Waals surface area contributed by atoms with Crippen molar-refractivity contribution < 1.29 is 17.6 Å². The highest BCUT2D eigenvalue weighted by Gasteiger charge is 2.19. The number of furan rings is 1. The van der Waals surface area contributed by atoms with Gasteiger partial charge in [0, 0.05) is 13.3 Å². The number of hydrogen-bond donors (Lipinski definition) is 0. The topological polar surface area (TPSA) is 67.6 Å². The summed E-state index contributed by atoms with van der Waals surface area (Å²) in [6, 6.07) is 7.68. The number of rotatable bonds is 4. The SMILES string of the molecule is Cc1ccc(CN(C)C(=O)c2cc(S(C)(=O)=O)ccc2Cl)o1. The third kappa shape index (κ3) is 3.69. The molecular formula is C15H16ClNO4S. The van der Waals surface area contributed by atoms with Crippen LogP contribution in [0.4, 0.5) is 0 Å². The normalized spacial score (nSPS) is 11.5. The molecule has 1 aromatic heterocycles. The van der Waals surface area contributed by atoms with E-state index in [-0.39, 0.29) is 27.9 Å². The molecule has 0 spiro atoms. The van der Waals surface area contributed by atoms with Gasteiger partial charge in [0.25, 0.3) is 5.91 Å². The number of aryl methyl sites for hydroxylation is 1. The van der Waals surface area contributed by atoms with Crippen LogP contribution in [0.2, 0.25) is 5.02 Å². The predicted molar refractivity (Wildman–Crippen MR) is 83.8 cm³/mol. The molecule has 0 fully saturated rings. The van der Waals surface area contributed by atoms with Gasteiger partial charge >= 0.3 is 0 Å². The fraction of sp³-hybridized carbons (Fsp3) is 0.267. The molecule has 0 atom stereocenters. The zero-order valence-corrected chi connectivity index (χ0v) is 14.0. The number of carbonyl (C=O) groups is 1. The Kier molecular flexibility index (Phi) is 4.63. The Hall–Kier alpha value is -1.79. The van der Waals surface area contributed by atoms with Gasteiger partial charge in [-0.15, -0.1) is 0 Å². The zero-order valence-electron chi connectivity index (χ0n) is 12.5. The lowest BCUT2D eigenvalue weighted by molar-refractivity contribution is 0.0775. The van der Waals surface area contributed by atoms with Gasteiger partial charge in [-0.25, -0.2) is 8.42 Å². The Morgan fingerprint density at radius 2 is 1.95 bits per heavy atom. The third-order valence-corrected chi connectivity index (χ3v) is 4.57. The van der Waals surface area contributed by atoms with Gasteiger partial charge in [-0.3, -0.25) is 4.79 Å². The molecule has 0 aliphatic rings. The molecule has 7 heteroatoms. The summed E-state index contributed by atoms with van der Waals surface area (Å²) in [5.41, 5.74) is 0.148. The first kappa shape index (κ1) is 16.6. The van der Waals surface area contributed by atoms with Crippen LogP contribution in [0.1, 0.15) is 21.9 Å². The Balaban J connectivity index is 2.28.